The van der Waals surface area contributed by atoms with E-state index < -0.39 is 6.04 Å². The van der Waals surface area contributed by atoms with Crippen molar-refractivity contribution in [2.24, 2.45) is 0 Å². The molecule has 1 unspecified atom stereocenters. The van der Waals surface area contributed by atoms with E-state index in [1.165, 1.54) is 11.9 Å². The predicted octanol–water partition coefficient (Wildman–Crippen LogP) is 1.71. The number of likely N-dealkylation sites (N-methyl/N-ethyl adjacent to an activating group) is 1. The SMILES string of the molecule is CCCCOc1ccc(CNC2CC(=O)N(C)C2=O)cc1. The number of likely N-dealkylation sites (tertiary alicyclic amines) is 1. The van der Waals surface area contributed by atoms with Gasteiger partial charge in [-0.3, -0.25) is 14.5 Å². The zero-order valence-electron chi connectivity index (χ0n) is 12.6. The number of nitrogens with zero attached hydrogens (tertiary/aromatic N) is 1. The van der Waals surface area contributed by atoms with Crippen LogP contribution in [0.3, 0.4) is 0 Å². The summed E-state index contributed by atoms with van der Waals surface area (Å²) in [5, 5.41) is 3.13. The summed E-state index contributed by atoms with van der Waals surface area (Å²) in [5.74, 6) is 0.579. The molecule has 21 heavy (non-hydrogen) atoms. The first kappa shape index (κ1) is 15.5. The minimum absolute atomic E-state index is 0.128. The number of benzene rings is 1. The van der Waals surface area contributed by atoms with Crippen LogP contribution in [0.2, 0.25) is 0 Å². The van der Waals surface area contributed by atoms with Crippen LogP contribution in [-0.4, -0.2) is 36.4 Å². The van der Waals surface area contributed by atoms with Crippen LogP contribution in [0.25, 0.3) is 0 Å². The molecule has 2 rings (SSSR count). The summed E-state index contributed by atoms with van der Waals surface area (Å²) < 4.78 is 5.60. The number of imide groups is 1. The summed E-state index contributed by atoms with van der Waals surface area (Å²) in [7, 11) is 1.52. The van der Waals surface area contributed by atoms with Gasteiger partial charge in [0.25, 0.3) is 0 Å². The van der Waals surface area contributed by atoms with Crippen molar-refractivity contribution >= 4 is 11.8 Å². The molecule has 1 N–H and O–H groups in total. The standard InChI is InChI=1S/C16H22N2O3/c1-3-4-9-21-13-7-5-12(6-8-13)11-17-14-10-15(19)18(2)16(14)20/h5-8,14,17H,3-4,9-11H2,1-2H3. The Balaban J connectivity index is 1.81. The van der Waals surface area contributed by atoms with E-state index in [4.69, 9.17) is 4.74 Å². The zero-order valence-corrected chi connectivity index (χ0v) is 12.6. The third-order valence-electron chi connectivity index (χ3n) is 3.62. The number of ether oxygens (including phenoxy) is 1. The van der Waals surface area contributed by atoms with E-state index in [1.807, 2.05) is 24.3 Å². The third-order valence-corrected chi connectivity index (χ3v) is 3.62. The van der Waals surface area contributed by atoms with Gasteiger partial charge in [-0.05, 0) is 24.1 Å². The molecular weight excluding hydrogens is 268 g/mol. The molecule has 1 aliphatic rings. The normalized spacial score (nSPS) is 18.4. The average molecular weight is 290 g/mol. The first-order chi connectivity index (χ1) is 10.1. The van der Waals surface area contributed by atoms with Gasteiger partial charge in [0.1, 0.15) is 5.75 Å². The fourth-order valence-electron chi connectivity index (χ4n) is 2.19. The maximum absolute atomic E-state index is 11.8. The van der Waals surface area contributed by atoms with Gasteiger partial charge in [0.15, 0.2) is 0 Å². The molecule has 0 spiro atoms. The number of amides is 2. The molecule has 2 amide bonds. The Morgan fingerprint density at radius 2 is 2.00 bits per heavy atom. The molecule has 1 aliphatic heterocycles. The lowest BCUT2D eigenvalue weighted by atomic mass is 10.2. The van der Waals surface area contributed by atoms with Crippen LogP contribution >= 0.6 is 0 Å². The zero-order chi connectivity index (χ0) is 15.2. The quantitative estimate of drug-likeness (QED) is 0.613. The van der Waals surface area contributed by atoms with Crippen LogP contribution in [0.5, 0.6) is 5.75 Å². The topological polar surface area (TPSA) is 58.6 Å². The minimum atomic E-state index is -0.400. The van der Waals surface area contributed by atoms with E-state index in [9.17, 15) is 9.59 Å². The van der Waals surface area contributed by atoms with Crippen molar-refractivity contribution in [1.82, 2.24) is 10.2 Å². The Bertz CT molecular complexity index is 499. The molecule has 1 heterocycles. The number of unbranched alkanes of at least 4 members (excludes halogenated alkanes) is 1. The largest absolute Gasteiger partial charge is 0.494 e. The monoisotopic (exact) mass is 290 g/mol. The summed E-state index contributed by atoms with van der Waals surface area (Å²) in [6.07, 6.45) is 2.41. The van der Waals surface area contributed by atoms with Gasteiger partial charge in [-0.15, -0.1) is 0 Å². The van der Waals surface area contributed by atoms with Gasteiger partial charge in [-0.25, -0.2) is 0 Å². The summed E-state index contributed by atoms with van der Waals surface area (Å²) in [6, 6.07) is 7.40. The van der Waals surface area contributed by atoms with Crippen LogP contribution < -0.4 is 10.1 Å². The van der Waals surface area contributed by atoms with Crippen LogP contribution in [0, 0.1) is 0 Å². The Morgan fingerprint density at radius 3 is 2.57 bits per heavy atom. The van der Waals surface area contributed by atoms with Crippen molar-refractivity contribution in [3.63, 3.8) is 0 Å². The highest BCUT2D eigenvalue weighted by Gasteiger charge is 2.35. The van der Waals surface area contributed by atoms with Crippen LogP contribution in [0.4, 0.5) is 0 Å². The Morgan fingerprint density at radius 1 is 1.29 bits per heavy atom. The van der Waals surface area contributed by atoms with Crippen molar-refractivity contribution in [1.29, 1.82) is 0 Å². The lowest BCUT2D eigenvalue weighted by Gasteiger charge is -2.11. The number of carbonyl (C=O) groups excluding carboxylic acids is 2. The molecule has 0 radical (unpaired) electrons. The highest BCUT2D eigenvalue weighted by molar-refractivity contribution is 6.05. The smallest absolute Gasteiger partial charge is 0.246 e. The van der Waals surface area contributed by atoms with Crippen LogP contribution in [-0.2, 0) is 16.1 Å². The molecule has 0 saturated carbocycles. The molecule has 1 fully saturated rings. The van der Waals surface area contributed by atoms with Gasteiger partial charge >= 0.3 is 0 Å². The number of rotatable bonds is 7. The van der Waals surface area contributed by atoms with Gasteiger partial charge in [0.05, 0.1) is 19.1 Å². The molecule has 1 atom stereocenters. The third kappa shape index (κ3) is 4.04. The molecule has 5 heteroatoms. The minimum Gasteiger partial charge on any atom is -0.494 e. The first-order valence-electron chi connectivity index (χ1n) is 7.37. The van der Waals surface area contributed by atoms with E-state index >= 15 is 0 Å². The van der Waals surface area contributed by atoms with Gasteiger partial charge in [-0.1, -0.05) is 25.5 Å². The van der Waals surface area contributed by atoms with E-state index in [0.29, 0.717) is 6.54 Å². The molecule has 0 aromatic heterocycles. The fraction of sp³-hybridized carbons (Fsp3) is 0.500. The van der Waals surface area contributed by atoms with Crippen molar-refractivity contribution in [2.45, 2.75) is 38.8 Å². The van der Waals surface area contributed by atoms with Crippen molar-refractivity contribution < 1.29 is 14.3 Å². The van der Waals surface area contributed by atoms with Crippen molar-refractivity contribution in [3.05, 3.63) is 29.8 Å². The average Bonchev–Trinajstić information content (AvgIpc) is 2.74. The van der Waals surface area contributed by atoms with Crippen LogP contribution in [0.15, 0.2) is 24.3 Å². The molecule has 114 valence electrons. The summed E-state index contributed by atoms with van der Waals surface area (Å²) in [6.45, 7) is 3.43. The van der Waals surface area contributed by atoms with Crippen molar-refractivity contribution in [3.8, 4) is 5.75 Å². The molecule has 1 aromatic rings. The summed E-state index contributed by atoms with van der Waals surface area (Å²) in [5.41, 5.74) is 1.06. The Hall–Kier alpha value is -1.88. The van der Waals surface area contributed by atoms with E-state index in [-0.39, 0.29) is 18.2 Å². The lowest BCUT2D eigenvalue weighted by molar-refractivity contribution is -0.137. The first-order valence-corrected chi connectivity index (χ1v) is 7.37. The molecule has 0 aliphatic carbocycles. The fourth-order valence-corrected chi connectivity index (χ4v) is 2.19. The molecule has 1 saturated heterocycles. The maximum atomic E-state index is 11.8. The lowest BCUT2D eigenvalue weighted by Crippen LogP contribution is -2.36. The summed E-state index contributed by atoms with van der Waals surface area (Å²) in [4.78, 5) is 24.4. The van der Waals surface area contributed by atoms with E-state index in [0.717, 1.165) is 30.8 Å². The number of nitrogens with one attached hydrogen (secondary N) is 1. The van der Waals surface area contributed by atoms with Crippen LogP contribution in [0.1, 0.15) is 31.7 Å². The highest BCUT2D eigenvalue weighted by atomic mass is 16.5. The van der Waals surface area contributed by atoms with E-state index in [2.05, 4.69) is 12.2 Å². The molecule has 5 nitrogen and oxygen atoms in total. The summed E-state index contributed by atoms with van der Waals surface area (Å²) >= 11 is 0. The second kappa shape index (κ2) is 7.22. The maximum Gasteiger partial charge on any atom is 0.246 e. The Kier molecular flexibility index (Phi) is 5.33. The molecule has 1 aromatic carbocycles. The predicted molar refractivity (Wildman–Crippen MR) is 79.9 cm³/mol. The second-order valence-corrected chi connectivity index (χ2v) is 5.27. The molecule has 0 bridgehead atoms. The van der Waals surface area contributed by atoms with Gasteiger partial charge in [0.2, 0.25) is 11.8 Å². The Labute approximate surface area is 125 Å². The van der Waals surface area contributed by atoms with E-state index in [1.54, 1.807) is 0 Å². The second-order valence-electron chi connectivity index (χ2n) is 5.27. The number of hydrogen-bond donors (Lipinski definition) is 1. The van der Waals surface area contributed by atoms with Gasteiger partial charge in [0, 0.05) is 13.6 Å². The highest BCUT2D eigenvalue weighted by Crippen LogP contribution is 2.14. The van der Waals surface area contributed by atoms with Gasteiger partial charge in [-0.2, -0.15) is 0 Å². The number of hydrogen-bond acceptors (Lipinski definition) is 4. The van der Waals surface area contributed by atoms with Gasteiger partial charge < -0.3 is 10.1 Å². The van der Waals surface area contributed by atoms with Crippen molar-refractivity contribution in [2.75, 3.05) is 13.7 Å². The number of carbonyl (C=O) groups is 2. The molecular formula is C16H22N2O3.